The summed E-state index contributed by atoms with van der Waals surface area (Å²) in [5.74, 6) is -0.368. The Morgan fingerprint density at radius 3 is 3.08 bits per heavy atom. The molecule has 12 heavy (non-hydrogen) atoms. The van der Waals surface area contributed by atoms with E-state index in [0.717, 1.165) is 25.7 Å². The number of Topliss-reactive ketones (excluding diaryl/α,β-unsaturated/α-hetero) is 1. The van der Waals surface area contributed by atoms with E-state index in [1.807, 2.05) is 0 Å². The van der Waals surface area contributed by atoms with Gasteiger partial charge < -0.3 is 10.3 Å². The standard InChI is InChI=1S/C8H12N2O2/c1-6(7(11)5-10-9)8-3-2-4-12-8/h5-6,8H,2-4H2,1H3/t6-,8+/m1/s1. The third kappa shape index (κ3) is 2.00. The van der Waals surface area contributed by atoms with Crippen LogP contribution in [0, 0.1) is 5.92 Å². The molecule has 1 fully saturated rings. The van der Waals surface area contributed by atoms with Crippen molar-refractivity contribution in [2.75, 3.05) is 6.61 Å². The van der Waals surface area contributed by atoms with Gasteiger partial charge >= 0.3 is 6.21 Å². The number of carbonyl (C=O) groups excluding carboxylic acids is 1. The Bertz CT molecular complexity index is 215. The van der Waals surface area contributed by atoms with Crippen molar-refractivity contribution in [3.8, 4) is 0 Å². The van der Waals surface area contributed by atoms with Crippen molar-refractivity contribution in [2.45, 2.75) is 25.9 Å². The zero-order valence-corrected chi connectivity index (χ0v) is 7.06. The average Bonchev–Trinajstić information content (AvgIpc) is 2.55. The van der Waals surface area contributed by atoms with Crippen LogP contribution in [0.25, 0.3) is 5.53 Å². The summed E-state index contributed by atoms with van der Waals surface area (Å²) in [4.78, 5) is 13.8. The smallest absolute Gasteiger partial charge is 0.323 e. The van der Waals surface area contributed by atoms with Gasteiger partial charge in [0.2, 0.25) is 5.78 Å². The second kappa shape index (κ2) is 4.14. The molecule has 1 heterocycles. The molecular formula is C8H12N2O2. The van der Waals surface area contributed by atoms with Crippen LogP contribution < -0.4 is 0 Å². The fourth-order valence-electron chi connectivity index (χ4n) is 1.35. The van der Waals surface area contributed by atoms with Crippen molar-refractivity contribution < 1.29 is 14.3 Å². The molecule has 1 rings (SSSR count). The van der Waals surface area contributed by atoms with E-state index in [4.69, 9.17) is 10.3 Å². The van der Waals surface area contributed by atoms with Crippen molar-refractivity contribution in [3.05, 3.63) is 5.53 Å². The maximum Gasteiger partial charge on any atom is 0.323 e. The highest BCUT2D eigenvalue weighted by atomic mass is 16.5. The Kier molecular flexibility index (Phi) is 3.14. The highest BCUT2D eigenvalue weighted by Gasteiger charge is 2.28. The highest BCUT2D eigenvalue weighted by molar-refractivity contribution is 6.26. The number of hydrogen-bond acceptors (Lipinski definition) is 2. The van der Waals surface area contributed by atoms with Crippen LogP contribution >= 0.6 is 0 Å². The predicted octanol–water partition coefficient (Wildman–Crippen LogP) is 0.671. The molecule has 0 N–H and O–H groups in total. The number of ketones is 1. The van der Waals surface area contributed by atoms with E-state index in [-0.39, 0.29) is 17.8 Å². The number of hydrogen-bond donors (Lipinski definition) is 0. The molecule has 0 saturated carbocycles. The van der Waals surface area contributed by atoms with Gasteiger partial charge in [-0.3, -0.25) is 4.79 Å². The molecule has 0 aromatic carbocycles. The van der Waals surface area contributed by atoms with Gasteiger partial charge in [0.1, 0.15) is 0 Å². The van der Waals surface area contributed by atoms with Crippen LogP contribution in [0.4, 0.5) is 0 Å². The lowest BCUT2D eigenvalue weighted by Crippen LogP contribution is -2.25. The Balaban J connectivity index is 2.50. The Morgan fingerprint density at radius 2 is 2.58 bits per heavy atom. The zero-order valence-electron chi connectivity index (χ0n) is 7.06. The van der Waals surface area contributed by atoms with Gasteiger partial charge in [-0.05, 0) is 12.8 Å². The van der Waals surface area contributed by atoms with Gasteiger partial charge in [0, 0.05) is 6.61 Å². The Labute approximate surface area is 71.1 Å². The maximum atomic E-state index is 11.1. The molecule has 0 radical (unpaired) electrons. The zero-order chi connectivity index (χ0) is 8.97. The lowest BCUT2D eigenvalue weighted by Gasteiger charge is -2.12. The summed E-state index contributed by atoms with van der Waals surface area (Å²) >= 11 is 0. The Hall–Kier alpha value is -0.990. The van der Waals surface area contributed by atoms with Crippen LogP contribution in [0.2, 0.25) is 0 Å². The first-order valence-electron chi connectivity index (χ1n) is 4.08. The van der Waals surface area contributed by atoms with E-state index in [2.05, 4.69) is 4.79 Å². The number of ether oxygens (including phenoxy) is 1. The second-order valence-corrected chi connectivity index (χ2v) is 2.99. The second-order valence-electron chi connectivity index (χ2n) is 2.99. The molecule has 0 amide bonds. The highest BCUT2D eigenvalue weighted by Crippen LogP contribution is 2.19. The molecule has 0 unspecified atom stereocenters. The molecule has 4 heteroatoms. The van der Waals surface area contributed by atoms with Crippen molar-refractivity contribution in [1.29, 1.82) is 0 Å². The minimum atomic E-state index is -0.191. The van der Waals surface area contributed by atoms with E-state index >= 15 is 0 Å². The number of carbonyl (C=O) groups is 1. The SMILES string of the molecule is C[C@H](C(=O)C=[N+]=[N-])[C@@H]1CCCO1. The quantitative estimate of drug-likeness (QED) is 0.353. The van der Waals surface area contributed by atoms with Crippen LogP contribution in [-0.2, 0) is 9.53 Å². The van der Waals surface area contributed by atoms with Crippen LogP contribution in [0.3, 0.4) is 0 Å². The molecule has 1 saturated heterocycles. The van der Waals surface area contributed by atoms with Crippen LogP contribution in [0.1, 0.15) is 19.8 Å². The fourth-order valence-corrected chi connectivity index (χ4v) is 1.35. The summed E-state index contributed by atoms with van der Waals surface area (Å²) < 4.78 is 5.32. The third-order valence-corrected chi connectivity index (χ3v) is 2.16. The van der Waals surface area contributed by atoms with Gasteiger partial charge in [-0.25, -0.2) is 0 Å². The first-order chi connectivity index (χ1) is 5.75. The Morgan fingerprint density at radius 1 is 1.83 bits per heavy atom. The van der Waals surface area contributed by atoms with Crippen LogP contribution in [0.15, 0.2) is 0 Å². The molecule has 2 atom stereocenters. The molecule has 0 bridgehead atoms. The molecular weight excluding hydrogens is 156 g/mol. The topological polar surface area (TPSA) is 62.7 Å². The van der Waals surface area contributed by atoms with Crippen molar-refractivity contribution in [3.63, 3.8) is 0 Å². The van der Waals surface area contributed by atoms with Crippen molar-refractivity contribution in [2.24, 2.45) is 5.92 Å². The van der Waals surface area contributed by atoms with Crippen LogP contribution in [0.5, 0.6) is 0 Å². The lowest BCUT2D eigenvalue weighted by molar-refractivity contribution is -0.122. The fraction of sp³-hybridized carbons (Fsp3) is 0.750. The molecule has 1 aliphatic heterocycles. The summed E-state index contributed by atoms with van der Waals surface area (Å²) in [6.45, 7) is 2.53. The molecule has 66 valence electrons. The summed E-state index contributed by atoms with van der Waals surface area (Å²) in [5.41, 5.74) is 8.14. The van der Waals surface area contributed by atoms with Gasteiger partial charge in [0.25, 0.3) is 0 Å². The normalized spacial score (nSPS) is 24.6. The van der Waals surface area contributed by atoms with E-state index < -0.39 is 0 Å². The van der Waals surface area contributed by atoms with E-state index in [1.165, 1.54) is 0 Å². The van der Waals surface area contributed by atoms with Gasteiger partial charge in [0.05, 0.1) is 12.0 Å². The maximum absolute atomic E-state index is 11.1. The van der Waals surface area contributed by atoms with Gasteiger partial charge in [-0.1, -0.05) is 6.92 Å². The average molecular weight is 168 g/mol. The molecule has 1 aliphatic rings. The molecule has 0 aromatic rings. The monoisotopic (exact) mass is 168 g/mol. The lowest BCUT2D eigenvalue weighted by atomic mass is 9.98. The first kappa shape index (κ1) is 9.10. The molecule has 4 nitrogen and oxygen atoms in total. The van der Waals surface area contributed by atoms with E-state index in [0.29, 0.717) is 0 Å². The van der Waals surface area contributed by atoms with Crippen molar-refractivity contribution >= 4 is 12.0 Å². The summed E-state index contributed by atoms with van der Waals surface area (Å²) in [7, 11) is 0. The molecule has 0 aliphatic carbocycles. The largest absolute Gasteiger partial charge is 0.377 e. The van der Waals surface area contributed by atoms with E-state index in [9.17, 15) is 4.79 Å². The molecule has 0 spiro atoms. The van der Waals surface area contributed by atoms with Gasteiger partial charge in [-0.2, -0.15) is 4.79 Å². The van der Waals surface area contributed by atoms with Crippen LogP contribution in [-0.4, -0.2) is 29.5 Å². The van der Waals surface area contributed by atoms with Crippen molar-refractivity contribution in [1.82, 2.24) is 0 Å². The predicted molar refractivity (Wildman–Crippen MR) is 42.8 cm³/mol. The summed E-state index contributed by atoms with van der Waals surface area (Å²) in [5, 5.41) is 0. The van der Waals surface area contributed by atoms with Gasteiger partial charge in [0.15, 0.2) is 0 Å². The summed E-state index contributed by atoms with van der Waals surface area (Å²) in [6.07, 6.45) is 2.88. The number of rotatable bonds is 3. The molecule has 0 aromatic heterocycles. The van der Waals surface area contributed by atoms with Gasteiger partial charge in [-0.15, -0.1) is 0 Å². The minimum Gasteiger partial charge on any atom is -0.377 e. The van der Waals surface area contributed by atoms with E-state index in [1.54, 1.807) is 6.92 Å². The minimum absolute atomic E-state index is 0.00972. The third-order valence-electron chi connectivity index (χ3n) is 2.16. The number of nitrogens with zero attached hydrogens (tertiary/aromatic N) is 2. The first-order valence-corrected chi connectivity index (χ1v) is 4.08. The summed E-state index contributed by atoms with van der Waals surface area (Å²) in [6, 6.07) is 0.